The van der Waals surface area contributed by atoms with E-state index in [1.54, 1.807) is 10.6 Å². The number of fused-ring (bicyclic) bond motifs is 5. The topological polar surface area (TPSA) is 17.3 Å². The van der Waals surface area contributed by atoms with Crippen LogP contribution in [0.25, 0.3) is 4.96 Å². The number of aromatic nitrogens is 2. The molecule has 0 radical (unpaired) electrons. The van der Waals surface area contributed by atoms with E-state index in [4.69, 9.17) is 4.98 Å². The Balaban J connectivity index is 2.05. The molecule has 3 heteroatoms. The molecule has 0 aliphatic heterocycles. The minimum Gasteiger partial charge on any atom is -0.291 e. The van der Waals surface area contributed by atoms with Crippen molar-refractivity contribution in [1.82, 2.24) is 9.38 Å². The van der Waals surface area contributed by atoms with Crippen LogP contribution in [0.15, 0.2) is 0 Å². The van der Waals surface area contributed by atoms with E-state index in [1.165, 1.54) is 54.9 Å². The third-order valence-electron chi connectivity index (χ3n) is 4.42. The van der Waals surface area contributed by atoms with Gasteiger partial charge in [0.2, 0.25) is 0 Å². The van der Waals surface area contributed by atoms with E-state index in [0.717, 1.165) is 0 Å². The molecule has 17 heavy (non-hydrogen) atoms. The quantitative estimate of drug-likeness (QED) is 0.695. The molecule has 0 N–H and O–H groups in total. The average molecular weight is 246 g/mol. The van der Waals surface area contributed by atoms with Crippen molar-refractivity contribution in [2.75, 3.05) is 0 Å². The highest BCUT2D eigenvalue weighted by Gasteiger charge is 2.33. The summed E-state index contributed by atoms with van der Waals surface area (Å²) in [6, 6.07) is 0. The summed E-state index contributed by atoms with van der Waals surface area (Å²) in [4.78, 5) is 7.81. The molecule has 90 valence electrons. The van der Waals surface area contributed by atoms with Crippen molar-refractivity contribution in [3.63, 3.8) is 0 Å². The van der Waals surface area contributed by atoms with Gasteiger partial charge in [-0.25, -0.2) is 4.98 Å². The molecule has 0 saturated carbocycles. The fourth-order valence-corrected chi connectivity index (χ4v) is 4.75. The molecule has 0 amide bonds. The summed E-state index contributed by atoms with van der Waals surface area (Å²) in [5.41, 5.74) is 4.77. The van der Waals surface area contributed by atoms with Crippen molar-refractivity contribution < 1.29 is 0 Å². The average Bonchev–Trinajstić information content (AvgIpc) is 2.86. The van der Waals surface area contributed by atoms with Crippen molar-refractivity contribution in [2.24, 2.45) is 0 Å². The van der Waals surface area contributed by atoms with Gasteiger partial charge in [-0.2, -0.15) is 0 Å². The van der Waals surface area contributed by atoms with E-state index in [2.05, 4.69) is 18.2 Å². The first-order valence-corrected chi connectivity index (χ1v) is 7.51. The molecule has 0 spiro atoms. The predicted molar refractivity (Wildman–Crippen MR) is 71.1 cm³/mol. The standard InChI is InChI=1S/C14H18N2S/c1-14(2)8-4-6-10-12(14)15-13-16(10)9-5-3-7-11(9)17-13/h3-8H2,1-2H3. The second-order valence-electron chi connectivity index (χ2n) is 6.09. The summed E-state index contributed by atoms with van der Waals surface area (Å²) in [7, 11) is 0. The largest absolute Gasteiger partial charge is 0.291 e. The van der Waals surface area contributed by atoms with E-state index in [9.17, 15) is 0 Å². The van der Waals surface area contributed by atoms with Gasteiger partial charge < -0.3 is 0 Å². The van der Waals surface area contributed by atoms with Gasteiger partial charge in [-0.1, -0.05) is 13.8 Å². The van der Waals surface area contributed by atoms with Crippen LogP contribution in [0, 0.1) is 0 Å². The van der Waals surface area contributed by atoms with Crippen LogP contribution in [0.3, 0.4) is 0 Å². The molecule has 0 atom stereocenters. The Bertz CT molecular complexity index is 603. The fourth-order valence-electron chi connectivity index (χ4n) is 3.52. The zero-order chi connectivity index (χ0) is 11.6. The molecule has 2 aromatic rings. The van der Waals surface area contributed by atoms with Crippen LogP contribution < -0.4 is 0 Å². The summed E-state index contributed by atoms with van der Waals surface area (Å²) in [5.74, 6) is 0. The summed E-state index contributed by atoms with van der Waals surface area (Å²) in [6.45, 7) is 4.70. The highest BCUT2D eigenvalue weighted by Crippen LogP contribution is 2.40. The third-order valence-corrected chi connectivity index (χ3v) is 5.56. The van der Waals surface area contributed by atoms with E-state index >= 15 is 0 Å². The number of rotatable bonds is 0. The van der Waals surface area contributed by atoms with Crippen molar-refractivity contribution in [2.45, 2.75) is 57.8 Å². The highest BCUT2D eigenvalue weighted by molar-refractivity contribution is 7.17. The van der Waals surface area contributed by atoms with Crippen molar-refractivity contribution >= 4 is 16.3 Å². The summed E-state index contributed by atoms with van der Waals surface area (Å²) < 4.78 is 2.50. The molecule has 2 nitrogen and oxygen atoms in total. The Morgan fingerprint density at radius 3 is 2.82 bits per heavy atom. The second kappa shape index (κ2) is 3.14. The minimum absolute atomic E-state index is 0.283. The molecule has 0 saturated heterocycles. The number of imidazole rings is 1. The summed E-state index contributed by atoms with van der Waals surface area (Å²) in [6.07, 6.45) is 7.71. The van der Waals surface area contributed by atoms with E-state index in [1.807, 2.05) is 11.3 Å². The van der Waals surface area contributed by atoms with E-state index in [0.29, 0.717) is 0 Å². The Morgan fingerprint density at radius 2 is 1.94 bits per heavy atom. The van der Waals surface area contributed by atoms with Gasteiger partial charge in [0.1, 0.15) is 0 Å². The third kappa shape index (κ3) is 1.23. The first-order valence-electron chi connectivity index (χ1n) is 6.69. The van der Waals surface area contributed by atoms with Gasteiger partial charge in [0, 0.05) is 21.7 Å². The van der Waals surface area contributed by atoms with Crippen LogP contribution in [0.4, 0.5) is 0 Å². The van der Waals surface area contributed by atoms with Crippen LogP contribution in [0.1, 0.15) is 55.1 Å². The number of hydrogen-bond acceptors (Lipinski definition) is 2. The second-order valence-corrected chi connectivity index (χ2v) is 7.15. The normalized spacial score (nSPS) is 21.8. The van der Waals surface area contributed by atoms with Gasteiger partial charge in [-0.05, 0) is 38.5 Å². The summed E-state index contributed by atoms with van der Waals surface area (Å²) >= 11 is 1.93. The van der Waals surface area contributed by atoms with Crippen LogP contribution in [-0.4, -0.2) is 9.38 Å². The molecule has 4 rings (SSSR count). The molecule has 0 bridgehead atoms. The SMILES string of the molecule is CC1(C)CCCc2c1nc1sc3c(n21)CCC3. The van der Waals surface area contributed by atoms with Gasteiger partial charge in [-0.15, -0.1) is 11.3 Å². The highest BCUT2D eigenvalue weighted by atomic mass is 32.1. The van der Waals surface area contributed by atoms with Crippen molar-refractivity contribution in [1.29, 1.82) is 0 Å². The molecule has 0 unspecified atom stereocenters. The lowest BCUT2D eigenvalue weighted by atomic mass is 9.78. The molecule has 2 aromatic heterocycles. The number of thiazole rings is 1. The lowest BCUT2D eigenvalue weighted by Gasteiger charge is -2.28. The van der Waals surface area contributed by atoms with Crippen LogP contribution in [-0.2, 0) is 24.7 Å². The lowest BCUT2D eigenvalue weighted by molar-refractivity contribution is 0.418. The molecular formula is C14H18N2S. The predicted octanol–water partition coefficient (Wildman–Crippen LogP) is 3.50. The Hall–Kier alpha value is -0.830. The maximum absolute atomic E-state index is 4.95. The van der Waals surface area contributed by atoms with Gasteiger partial charge >= 0.3 is 0 Å². The fraction of sp³-hybridized carbons (Fsp3) is 0.643. The molecular weight excluding hydrogens is 228 g/mol. The van der Waals surface area contributed by atoms with E-state index in [-0.39, 0.29) is 5.41 Å². The molecule has 2 aliphatic rings. The van der Waals surface area contributed by atoms with Gasteiger partial charge in [0.15, 0.2) is 4.96 Å². The van der Waals surface area contributed by atoms with Gasteiger partial charge in [0.05, 0.1) is 5.69 Å². The summed E-state index contributed by atoms with van der Waals surface area (Å²) in [5, 5.41) is 0. The first kappa shape index (κ1) is 10.1. The maximum Gasteiger partial charge on any atom is 0.194 e. The Kier molecular flexibility index (Phi) is 1.87. The smallest absolute Gasteiger partial charge is 0.194 e. The zero-order valence-corrected chi connectivity index (χ0v) is 11.4. The minimum atomic E-state index is 0.283. The van der Waals surface area contributed by atoms with Crippen molar-refractivity contribution in [3.8, 4) is 0 Å². The monoisotopic (exact) mass is 246 g/mol. The van der Waals surface area contributed by atoms with Gasteiger partial charge in [0.25, 0.3) is 0 Å². The van der Waals surface area contributed by atoms with Crippen LogP contribution in [0.2, 0.25) is 0 Å². The maximum atomic E-state index is 4.95. The van der Waals surface area contributed by atoms with Gasteiger partial charge in [-0.3, -0.25) is 4.40 Å². The number of hydrogen-bond donors (Lipinski definition) is 0. The van der Waals surface area contributed by atoms with Crippen LogP contribution >= 0.6 is 11.3 Å². The molecule has 2 aliphatic carbocycles. The molecule has 0 aromatic carbocycles. The van der Waals surface area contributed by atoms with Crippen molar-refractivity contribution in [3.05, 3.63) is 22.0 Å². The lowest BCUT2D eigenvalue weighted by Crippen LogP contribution is -2.24. The first-order chi connectivity index (χ1) is 8.17. The number of aryl methyl sites for hydroxylation is 3. The van der Waals surface area contributed by atoms with Crippen LogP contribution in [0.5, 0.6) is 0 Å². The zero-order valence-electron chi connectivity index (χ0n) is 10.5. The molecule has 0 fully saturated rings. The Labute approximate surface area is 106 Å². The van der Waals surface area contributed by atoms with E-state index < -0.39 is 0 Å². The number of nitrogens with zero attached hydrogens (tertiary/aromatic N) is 2. The Morgan fingerprint density at radius 1 is 1.12 bits per heavy atom. The molecule has 2 heterocycles.